The topological polar surface area (TPSA) is 118 Å². The monoisotopic (exact) mass is 468 g/mol. The molecule has 1 heterocycles. The average molecular weight is 469 g/mol. The van der Waals surface area contributed by atoms with E-state index in [0.717, 1.165) is 11.1 Å². The number of hydrogen-bond donors (Lipinski definition) is 3. The number of carbonyl (C=O) groups is 2. The summed E-state index contributed by atoms with van der Waals surface area (Å²) in [5, 5.41) is 8.42. The summed E-state index contributed by atoms with van der Waals surface area (Å²) >= 11 is 0. The second-order valence-corrected chi connectivity index (χ2v) is 7.81. The van der Waals surface area contributed by atoms with Crippen LogP contribution in [0.3, 0.4) is 0 Å². The number of methoxy groups -OCH3 is 1. The normalized spacial score (nSPS) is 10.4. The molecule has 0 aliphatic rings. The molecule has 0 aliphatic heterocycles. The molecule has 0 atom stereocenters. The number of anilines is 4. The summed E-state index contributed by atoms with van der Waals surface area (Å²) in [5.74, 6) is 0.0503. The lowest BCUT2D eigenvalue weighted by Gasteiger charge is -2.11. The van der Waals surface area contributed by atoms with E-state index in [1.807, 2.05) is 26.0 Å². The lowest BCUT2D eigenvalue weighted by atomic mass is 10.1. The van der Waals surface area contributed by atoms with Gasteiger partial charge in [-0.05, 0) is 62.4 Å². The minimum atomic E-state index is -0.383. The van der Waals surface area contributed by atoms with Gasteiger partial charge in [0.25, 0.3) is 11.8 Å². The van der Waals surface area contributed by atoms with E-state index in [2.05, 4.69) is 30.9 Å². The van der Waals surface area contributed by atoms with E-state index in [-0.39, 0.29) is 29.7 Å². The number of carbonyl (C=O) groups excluding carboxylic acids is 2. The Labute approximate surface area is 202 Å². The number of benzene rings is 3. The molecular formula is C26H24N6O3. The molecule has 0 saturated carbocycles. The van der Waals surface area contributed by atoms with E-state index in [0.29, 0.717) is 22.6 Å². The van der Waals surface area contributed by atoms with E-state index in [1.165, 1.54) is 0 Å². The van der Waals surface area contributed by atoms with Crippen LogP contribution in [0.2, 0.25) is 0 Å². The molecule has 4 aromatic rings. The van der Waals surface area contributed by atoms with Gasteiger partial charge in [0.2, 0.25) is 17.8 Å². The first-order valence-electron chi connectivity index (χ1n) is 10.8. The number of nitrogens with zero attached hydrogens (tertiary/aromatic N) is 3. The van der Waals surface area contributed by atoms with Gasteiger partial charge < -0.3 is 10.1 Å². The number of aryl methyl sites for hydroxylation is 2. The highest BCUT2D eigenvalue weighted by molar-refractivity contribution is 6.05. The zero-order chi connectivity index (χ0) is 24.8. The molecule has 0 spiro atoms. The Morgan fingerprint density at radius 1 is 0.686 bits per heavy atom. The Bertz CT molecular complexity index is 1290. The Balaban J connectivity index is 1.62. The molecule has 0 fully saturated rings. The van der Waals surface area contributed by atoms with Crippen molar-refractivity contribution in [3.63, 3.8) is 0 Å². The van der Waals surface area contributed by atoms with Gasteiger partial charge in [0.05, 0.1) is 7.11 Å². The summed E-state index contributed by atoms with van der Waals surface area (Å²) in [6.07, 6.45) is 0. The predicted molar refractivity (Wildman–Crippen MR) is 134 cm³/mol. The second kappa shape index (κ2) is 10.4. The first-order chi connectivity index (χ1) is 16.9. The highest BCUT2D eigenvalue weighted by Gasteiger charge is 2.15. The van der Waals surface area contributed by atoms with Crippen LogP contribution in [-0.4, -0.2) is 33.9 Å². The van der Waals surface area contributed by atoms with Crippen molar-refractivity contribution < 1.29 is 14.3 Å². The van der Waals surface area contributed by atoms with Gasteiger partial charge in [-0.15, -0.1) is 0 Å². The van der Waals surface area contributed by atoms with Gasteiger partial charge in [-0.3, -0.25) is 20.2 Å². The molecule has 0 saturated heterocycles. The van der Waals surface area contributed by atoms with Crippen molar-refractivity contribution in [2.75, 3.05) is 23.1 Å². The van der Waals surface area contributed by atoms with Crippen LogP contribution >= 0.6 is 0 Å². The van der Waals surface area contributed by atoms with Crippen LogP contribution in [0.5, 0.6) is 5.75 Å². The third-order valence-electron chi connectivity index (χ3n) is 4.99. The summed E-state index contributed by atoms with van der Waals surface area (Å²) in [5.41, 5.74) is 3.49. The minimum Gasteiger partial charge on any atom is -0.497 e. The molecule has 1 aromatic heterocycles. The average Bonchev–Trinajstić information content (AvgIpc) is 2.84. The molecule has 0 aliphatic carbocycles. The maximum Gasteiger partial charge on any atom is 0.258 e. The van der Waals surface area contributed by atoms with Gasteiger partial charge in [-0.25, -0.2) is 0 Å². The molecule has 2 amide bonds. The lowest BCUT2D eigenvalue weighted by molar-refractivity contribution is 0.101. The number of aromatic nitrogens is 3. The Morgan fingerprint density at radius 2 is 1.17 bits per heavy atom. The van der Waals surface area contributed by atoms with E-state index >= 15 is 0 Å². The summed E-state index contributed by atoms with van der Waals surface area (Å²) in [4.78, 5) is 38.4. The molecule has 35 heavy (non-hydrogen) atoms. The number of rotatable bonds is 7. The van der Waals surface area contributed by atoms with Crippen LogP contribution in [0.15, 0.2) is 72.8 Å². The van der Waals surface area contributed by atoms with Crippen LogP contribution in [0.4, 0.5) is 23.5 Å². The smallest absolute Gasteiger partial charge is 0.258 e. The molecule has 9 heteroatoms. The molecule has 0 unspecified atom stereocenters. The molecule has 3 aromatic carbocycles. The third-order valence-corrected chi connectivity index (χ3v) is 4.99. The van der Waals surface area contributed by atoms with Gasteiger partial charge in [0.15, 0.2) is 0 Å². The maximum absolute atomic E-state index is 12.8. The van der Waals surface area contributed by atoms with Gasteiger partial charge in [-0.1, -0.05) is 35.4 Å². The van der Waals surface area contributed by atoms with Crippen molar-refractivity contribution >= 4 is 35.3 Å². The summed E-state index contributed by atoms with van der Waals surface area (Å²) in [6, 6.07) is 21.4. The van der Waals surface area contributed by atoms with Gasteiger partial charge >= 0.3 is 0 Å². The van der Waals surface area contributed by atoms with E-state index in [4.69, 9.17) is 4.74 Å². The first-order valence-corrected chi connectivity index (χ1v) is 10.8. The quantitative estimate of drug-likeness (QED) is 0.358. The van der Waals surface area contributed by atoms with E-state index < -0.39 is 0 Å². The predicted octanol–water partition coefficient (Wildman–Crippen LogP) is 4.75. The fraction of sp³-hybridized carbons (Fsp3) is 0.115. The molecule has 176 valence electrons. The fourth-order valence-electron chi connectivity index (χ4n) is 3.27. The molecule has 3 N–H and O–H groups in total. The maximum atomic E-state index is 12.8. The number of nitrogens with one attached hydrogen (secondary N) is 3. The van der Waals surface area contributed by atoms with Crippen molar-refractivity contribution in [2.45, 2.75) is 13.8 Å². The van der Waals surface area contributed by atoms with Crippen LogP contribution in [0.25, 0.3) is 0 Å². The summed E-state index contributed by atoms with van der Waals surface area (Å²) in [7, 11) is 1.58. The SMILES string of the molecule is COc1ccc(Nc2nc(NC(=O)c3cccc(C)c3)nc(NC(=O)c3cccc(C)c3)n2)cc1. The molecule has 0 radical (unpaired) electrons. The molecule has 4 rings (SSSR count). The van der Waals surface area contributed by atoms with Gasteiger partial charge in [-0.2, -0.15) is 15.0 Å². The molecule has 9 nitrogen and oxygen atoms in total. The Kier molecular flexibility index (Phi) is 6.96. The van der Waals surface area contributed by atoms with Crippen LogP contribution in [0.1, 0.15) is 31.8 Å². The van der Waals surface area contributed by atoms with Crippen molar-refractivity contribution in [3.8, 4) is 5.75 Å². The fourth-order valence-corrected chi connectivity index (χ4v) is 3.27. The van der Waals surface area contributed by atoms with Crippen molar-refractivity contribution in [1.82, 2.24) is 15.0 Å². The van der Waals surface area contributed by atoms with Crippen molar-refractivity contribution in [2.24, 2.45) is 0 Å². The standard InChI is InChI=1S/C26H24N6O3/c1-16-6-4-8-18(14-16)22(33)28-25-30-24(27-20-10-12-21(35-3)13-11-20)31-26(32-25)29-23(34)19-9-5-7-17(2)15-19/h4-15H,1-3H3,(H3,27,28,29,30,31,32,33,34). The second-order valence-electron chi connectivity index (χ2n) is 7.81. The highest BCUT2D eigenvalue weighted by Crippen LogP contribution is 2.20. The number of amides is 2. The number of ether oxygens (including phenoxy) is 1. The molecule has 0 bridgehead atoms. The lowest BCUT2D eigenvalue weighted by Crippen LogP contribution is -2.19. The van der Waals surface area contributed by atoms with Crippen LogP contribution in [-0.2, 0) is 0 Å². The zero-order valence-corrected chi connectivity index (χ0v) is 19.5. The van der Waals surface area contributed by atoms with Gasteiger partial charge in [0.1, 0.15) is 5.75 Å². The number of hydrogen-bond acceptors (Lipinski definition) is 7. The summed E-state index contributed by atoms with van der Waals surface area (Å²) < 4.78 is 5.18. The summed E-state index contributed by atoms with van der Waals surface area (Å²) in [6.45, 7) is 3.80. The Morgan fingerprint density at radius 3 is 1.63 bits per heavy atom. The van der Waals surface area contributed by atoms with Crippen molar-refractivity contribution in [1.29, 1.82) is 0 Å². The molecular weight excluding hydrogens is 444 g/mol. The van der Waals surface area contributed by atoms with Crippen molar-refractivity contribution in [3.05, 3.63) is 95.1 Å². The minimum absolute atomic E-state index is 0.0120. The van der Waals surface area contributed by atoms with Crippen LogP contribution < -0.4 is 20.7 Å². The zero-order valence-electron chi connectivity index (χ0n) is 19.5. The largest absolute Gasteiger partial charge is 0.497 e. The van der Waals surface area contributed by atoms with E-state index in [9.17, 15) is 9.59 Å². The third kappa shape index (κ3) is 6.17. The van der Waals surface area contributed by atoms with Gasteiger partial charge in [0, 0.05) is 16.8 Å². The Hall–Kier alpha value is -4.79. The van der Waals surface area contributed by atoms with Crippen LogP contribution in [0, 0.1) is 13.8 Å². The first kappa shape index (κ1) is 23.4. The highest BCUT2D eigenvalue weighted by atomic mass is 16.5. The van der Waals surface area contributed by atoms with E-state index in [1.54, 1.807) is 67.8 Å².